The van der Waals surface area contributed by atoms with Gasteiger partial charge in [-0.1, -0.05) is 25.0 Å². The standard InChI is InChI=1S/C20H30N2O2.ClH/c1-15(21)16-8-12-22(13-9-16)19(23)20(10-3-4-11-20)17-6-5-7-18(14-17)24-2;/h5-7,14-16H,3-4,8-13,21H2,1-2H3;1H. The SMILES string of the molecule is COc1cccc(C2(C(=O)N3CCC(C(C)N)CC3)CCCC2)c1.Cl. The van der Waals surface area contributed by atoms with Crippen LogP contribution in [-0.4, -0.2) is 37.0 Å². The summed E-state index contributed by atoms with van der Waals surface area (Å²) in [6.45, 7) is 3.77. The predicted octanol–water partition coefficient (Wildman–Crippen LogP) is 3.51. The molecule has 1 aromatic carbocycles. The molecule has 0 bridgehead atoms. The number of benzene rings is 1. The molecule has 1 saturated carbocycles. The van der Waals surface area contributed by atoms with Gasteiger partial charge in [-0.15, -0.1) is 12.4 Å². The van der Waals surface area contributed by atoms with Crippen LogP contribution >= 0.6 is 12.4 Å². The Balaban J connectivity index is 0.00000225. The minimum absolute atomic E-state index is 0. The number of nitrogens with zero attached hydrogens (tertiary/aromatic N) is 1. The van der Waals surface area contributed by atoms with Crippen molar-refractivity contribution in [3.05, 3.63) is 29.8 Å². The van der Waals surface area contributed by atoms with E-state index in [1.807, 2.05) is 12.1 Å². The van der Waals surface area contributed by atoms with Crippen molar-refractivity contribution in [3.63, 3.8) is 0 Å². The van der Waals surface area contributed by atoms with E-state index in [-0.39, 0.29) is 23.9 Å². The predicted molar refractivity (Wildman–Crippen MR) is 103 cm³/mol. The maximum absolute atomic E-state index is 13.5. The number of carbonyl (C=O) groups excluding carboxylic acids is 1. The lowest BCUT2D eigenvalue weighted by Gasteiger charge is -2.39. The molecule has 140 valence electrons. The van der Waals surface area contributed by atoms with Crippen LogP contribution in [0.5, 0.6) is 5.75 Å². The molecule has 0 radical (unpaired) electrons. The zero-order chi connectivity index (χ0) is 17.2. The Morgan fingerprint density at radius 3 is 2.48 bits per heavy atom. The van der Waals surface area contributed by atoms with Crippen LogP contribution in [0.2, 0.25) is 0 Å². The number of likely N-dealkylation sites (tertiary alicyclic amines) is 1. The summed E-state index contributed by atoms with van der Waals surface area (Å²) in [6.07, 6.45) is 6.20. The Hall–Kier alpha value is -1.26. The van der Waals surface area contributed by atoms with Gasteiger partial charge in [0.15, 0.2) is 0 Å². The highest BCUT2D eigenvalue weighted by Crippen LogP contribution is 2.44. The summed E-state index contributed by atoms with van der Waals surface area (Å²) in [5.41, 5.74) is 6.81. The third-order valence-electron chi connectivity index (χ3n) is 6.06. The monoisotopic (exact) mass is 366 g/mol. The van der Waals surface area contributed by atoms with Crippen molar-refractivity contribution < 1.29 is 9.53 Å². The summed E-state index contributed by atoms with van der Waals surface area (Å²) in [4.78, 5) is 15.5. The van der Waals surface area contributed by atoms with Crippen molar-refractivity contribution in [3.8, 4) is 5.75 Å². The number of carbonyl (C=O) groups is 1. The number of amides is 1. The van der Waals surface area contributed by atoms with E-state index in [2.05, 4.69) is 24.0 Å². The van der Waals surface area contributed by atoms with E-state index in [0.717, 1.165) is 62.9 Å². The molecule has 0 spiro atoms. The van der Waals surface area contributed by atoms with E-state index in [9.17, 15) is 4.79 Å². The van der Waals surface area contributed by atoms with Gasteiger partial charge in [-0.25, -0.2) is 0 Å². The van der Waals surface area contributed by atoms with Gasteiger partial charge in [0.2, 0.25) is 5.91 Å². The molecule has 0 aromatic heterocycles. The second-order valence-corrected chi connectivity index (χ2v) is 7.51. The molecular formula is C20H31ClN2O2. The van der Waals surface area contributed by atoms with Gasteiger partial charge in [0.05, 0.1) is 12.5 Å². The molecular weight excluding hydrogens is 336 g/mol. The normalized spacial score (nSPS) is 21.5. The van der Waals surface area contributed by atoms with E-state index in [0.29, 0.717) is 11.8 Å². The Labute approximate surface area is 157 Å². The van der Waals surface area contributed by atoms with Crippen LogP contribution in [0.25, 0.3) is 0 Å². The van der Waals surface area contributed by atoms with Crippen LogP contribution in [0, 0.1) is 5.92 Å². The van der Waals surface area contributed by atoms with Gasteiger partial charge in [0.1, 0.15) is 5.75 Å². The maximum Gasteiger partial charge on any atom is 0.233 e. The van der Waals surface area contributed by atoms with Crippen LogP contribution in [0.1, 0.15) is 51.0 Å². The second kappa shape index (κ2) is 8.41. The fraction of sp³-hybridized carbons (Fsp3) is 0.650. The number of hydrogen-bond acceptors (Lipinski definition) is 3. The average molecular weight is 367 g/mol. The molecule has 1 atom stereocenters. The molecule has 4 nitrogen and oxygen atoms in total. The molecule has 1 unspecified atom stereocenters. The highest BCUT2D eigenvalue weighted by atomic mass is 35.5. The fourth-order valence-corrected chi connectivity index (χ4v) is 4.46. The molecule has 1 amide bonds. The minimum atomic E-state index is -0.351. The number of halogens is 1. The zero-order valence-electron chi connectivity index (χ0n) is 15.4. The molecule has 1 aromatic rings. The average Bonchev–Trinajstić information content (AvgIpc) is 3.12. The molecule has 25 heavy (non-hydrogen) atoms. The van der Waals surface area contributed by atoms with Gasteiger partial charge >= 0.3 is 0 Å². The van der Waals surface area contributed by atoms with Crippen LogP contribution in [-0.2, 0) is 10.2 Å². The third kappa shape index (κ3) is 3.95. The fourth-order valence-electron chi connectivity index (χ4n) is 4.46. The lowest BCUT2D eigenvalue weighted by molar-refractivity contribution is -0.138. The van der Waals surface area contributed by atoms with Gasteiger partial charge in [0.25, 0.3) is 0 Å². The molecule has 2 aliphatic rings. The topological polar surface area (TPSA) is 55.6 Å². The van der Waals surface area contributed by atoms with Crippen LogP contribution < -0.4 is 10.5 Å². The molecule has 2 fully saturated rings. The van der Waals surface area contributed by atoms with Gasteiger partial charge in [-0.2, -0.15) is 0 Å². The second-order valence-electron chi connectivity index (χ2n) is 7.51. The summed E-state index contributed by atoms with van der Waals surface area (Å²) in [6, 6.07) is 8.33. The summed E-state index contributed by atoms with van der Waals surface area (Å²) in [5, 5.41) is 0. The molecule has 1 aliphatic heterocycles. The van der Waals surface area contributed by atoms with E-state index in [4.69, 9.17) is 10.5 Å². The maximum atomic E-state index is 13.5. The van der Waals surface area contributed by atoms with Gasteiger partial charge in [0, 0.05) is 19.1 Å². The molecule has 3 rings (SSSR count). The van der Waals surface area contributed by atoms with Crippen molar-refractivity contribution >= 4 is 18.3 Å². The summed E-state index contributed by atoms with van der Waals surface area (Å²) < 4.78 is 5.39. The number of piperidine rings is 1. The number of rotatable bonds is 4. The molecule has 2 N–H and O–H groups in total. The van der Waals surface area contributed by atoms with E-state index in [1.165, 1.54) is 0 Å². The number of hydrogen-bond donors (Lipinski definition) is 1. The number of nitrogens with two attached hydrogens (primary N) is 1. The minimum Gasteiger partial charge on any atom is -0.497 e. The zero-order valence-corrected chi connectivity index (χ0v) is 16.2. The molecule has 1 aliphatic carbocycles. The first kappa shape index (κ1) is 20.1. The quantitative estimate of drug-likeness (QED) is 0.887. The summed E-state index contributed by atoms with van der Waals surface area (Å²) in [7, 11) is 1.68. The first-order valence-electron chi connectivity index (χ1n) is 9.26. The third-order valence-corrected chi connectivity index (χ3v) is 6.06. The summed E-state index contributed by atoms with van der Waals surface area (Å²) in [5.74, 6) is 1.70. The highest BCUT2D eigenvalue weighted by Gasteiger charge is 2.45. The van der Waals surface area contributed by atoms with E-state index < -0.39 is 0 Å². The van der Waals surface area contributed by atoms with Crippen molar-refractivity contribution in [1.82, 2.24) is 4.90 Å². The molecule has 5 heteroatoms. The number of ether oxygens (including phenoxy) is 1. The van der Waals surface area contributed by atoms with Crippen molar-refractivity contribution in [1.29, 1.82) is 0 Å². The lowest BCUT2D eigenvalue weighted by atomic mass is 9.76. The Kier molecular flexibility index (Phi) is 6.75. The molecule has 1 saturated heterocycles. The van der Waals surface area contributed by atoms with Gasteiger partial charge in [-0.3, -0.25) is 4.79 Å². The van der Waals surface area contributed by atoms with Gasteiger partial charge in [-0.05, 0) is 56.2 Å². The lowest BCUT2D eigenvalue weighted by Crippen LogP contribution is -2.50. The van der Waals surface area contributed by atoms with Crippen molar-refractivity contribution in [2.75, 3.05) is 20.2 Å². The largest absolute Gasteiger partial charge is 0.497 e. The van der Waals surface area contributed by atoms with Crippen molar-refractivity contribution in [2.24, 2.45) is 11.7 Å². The highest BCUT2D eigenvalue weighted by molar-refractivity contribution is 5.89. The number of methoxy groups -OCH3 is 1. The van der Waals surface area contributed by atoms with Crippen LogP contribution in [0.15, 0.2) is 24.3 Å². The Morgan fingerprint density at radius 1 is 1.28 bits per heavy atom. The first-order valence-corrected chi connectivity index (χ1v) is 9.26. The Morgan fingerprint density at radius 2 is 1.92 bits per heavy atom. The first-order chi connectivity index (χ1) is 11.6. The smallest absolute Gasteiger partial charge is 0.233 e. The molecule has 1 heterocycles. The van der Waals surface area contributed by atoms with Gasteiger partial charge < -0.3 is 15.4 Å². The van der Waals surface area contributed by atoms with E-state index >= 15 is 0 Å². The Bertz CT molecular complexity index is 577. The summed E-state index contributed by atoms with van der Waals surface area (Å²) >= 11 is 0. The van der Waals surface area contributed by atoms with Crippen LogP contribution in [0.4, 0.5) is 0 Å². The van der Waals surface area contributed by atoms with E-state index in [1.54, 1.807) is 7.11 Å². The van der Waals surface area contributed by atoms with Crippen LogP contribution in [0.3, 0.4) is 0 Å². The van der Waals surface area contributed by atoms with Crippen molar-refractivity contribution in [2.45, 2.75) is 56.9 Å².